The Morgan fingerprint density at radius 3 is 2.44 bits per heavy atom. The lowest BCUT2D eigenvalue weighted by Gasteiger charge is -2.29. The fourth-order valence-electron chi connectivity index (χ4n) is 4.52. The van der Waals surface area contributed by atoms with Crippen LogP contribution in [0.1, 0.15) is 23.5 Å². The van der Waals surface area contributed by atoms with E-state index in [1.54, 1.807) is 25.4 Å². The monoisotopic (exact) mass is 519 g/mol. The van der Waals surface area contributed by atoms with Crippen LogP contribution in [0, 0.1) is 0 Å². The first kappa shape index (κ1) is 23.8. The van der Waals surface area contributed by atoms with Gasteiger partial charge in [0.15, 0.2) is 5.11 Å². The number of aromatic nitrogens is 2. The average Bonchev–Trinajstić information content (AvgIpc) is 3.48. The average molecular weight is 520 g/mol. The highest BCUT2D eigenvalue weighted by Crippen LogP contribution is 2.43. The Balaban J connectivity index is 1.62. The molecule has 2 aromatic heterocycles. The summed E-state index contributed by atoms with van der Waals surface area (Å²) >= 11 is 5.82. The van der Waals surface area contributed by atoms with Gasteiger partial charge >= 0.3 is 0 Å². The number of benzene rings is 2. The van der Waals surface area contributed by atoms with Crippen molar-refractivity contribution < 1.29 is 13.2 Å². The minimum Gasteiger partial charge on any atom is -0.495 e. The van der Waals surface area contributed by atoms with Gasteiger partial charge in [-0.3, -0.25) is 9.71 Å². The Morgan fingerprint density at radius 2 is 1.75 bits per heavy atom. The summed E-state index contributed by atoms with van der Waals surface area (Å²) < 4.78 is 33.5. The second-order valence-corrected chi connectivity index (χ2v) is 10.5. The van der Waals surface area contributed by atoms with Crippen molar-refractivity contribution in [3.63, 3.8) is 0 Å². The van der Waals surface area contributed by atoms with Gasteiger partial charge in [-0.15, -0.1) is 0 Å². The molecule has 10 heteroatoms. The highest BCUT2D eigenvalue weighted by Gasteiger charge is 2.42. The first-order chi connectivity index (χ1) is 17.4. The molecule has 0 bridgehead atoms. The molecule has 2 unspecified atom stereocenters. The van der Waals surface area contributed by atoms with Crippen LogP contribution in [-0.2, 0) is 10.0 Å². The Morgan fingerprint density at radius 1 is 1.00 bits per heavy atom. The largest absolute Gasteiger partial charge is 0.495 e. The highest BCUT2D eigenvalue weighted by molar-refractivity contribution is 7.92. The first-order valence-corrected chi connectivity index (χ1v) is 13.5. The number of para-hydroxylation sites is 2. The number of hydrogen-bond donors (Lipinski definition) is 2. The Kier molecular flexibility index (Phi) is 6.38. The van der Waals surface area contributed by atoms with E-state index in [1.807, 2.05) is 71.8 Å². The van der Waals surface area contributed by atoms with E-state index in [-0.39, 0.29) is 12.1 Å². The third-order valence-corrected chi connectivity index (χ3v) is 6.90. The normalized spacial score (nSPS) is 17.6. The molecule has 8 nitrogen and oxygen atoms in total. The highest BCUT2D eigenvalue weighted by atomic mass is 32.2. The van der Waals surface area contributed by atoms with Crippen LogP contribution < -0.4 is 19.7 Å². The number of pyridine rings is 1. The van der Waals surface area contributed by atoms with Crippen molar-refractivity contribution in [2.75, 3.05) is 23.0 Å². The summed E-state index contributed by atoms with van der Waals surface area (Å²) in [7, 11) is -1.72. The van der Waals surface area contributed by atoms with Crippen LogP contribution in [0.5, 0.6) is 5.75 Å². The third-order valence-electron chi connectivity index (χ3n) is 5.97. The molecule has 1 fully saturated rings. The number of hydrogen-bond acceptors (Lipinski definition) is 5. The second kappa shape index (κ2) is 9.63. The smallest absolute Gasteiger partial charge is 0.229 e. The summed E-state index contributed by atoms with van der Waals surface area (Å²) in [6, 6.07) is 24.4. The Labute approximate surface area is 215 Å². The summed E-state index contributed by atoms with van der Waals surface area (Å²) in [5.74, 6) is 0.751. The summed E-state index contributed by atoms with van der Waals surface area (Å²) in [6.07, 6.45) is 4.89. The fraction of sp³-hybridized carbons (Fsp3) is 0.154. The molecule has 1 aliphatic rings. The van der Waals surface area contributed by atoms with Crippen LogP contribution in [0.15, 0.2) is 91.3 Å². The molecular weight excluding hydrogens is 494 g/mol. The maximum atomic E-state index is 11.7. The standard InChI is InChI=1S/C26H25N5O3S2/c1-34-23-11-4-3-9-21(23)30-17-7-10-22(30)25-24(20-8-5-6-16-27-20)28-26(35)31(25)19-14-12-18(13-15-19)29-36(2,32)33/h3-17,24-25,29H,1-2H3,(H,28,35). The number of nitrogens with zero attached hydrogens (tertiary/aromatic N) is 3. The van der Waals surface area contributed by atoms with Crippen molar-refractivity contribution in [1.29, 1.82) is 0 Å². The molecule has 0 amide bonds. The molecule has 184 valence electrons. The van der Waals surface area contributed by atoms with E-state index in [0.717, 1.165) is 34.8 Å². The number of thiocarbonyl (C=S) groups is 1. The number of ether oxygens (including phenoxy) is 1. The van der Waals surface area contributed by atoms with E-state index in [9.17, 15) is 8.42 Å². The van der Waals surface area contributed by atoms with Crippen molar-refractivity contribution in [2.45, 2.75) is 12.1 Å². The van der Waals surface area contributed by atoms with E-state index in [4.69, 9.17) is 17.0 Å². The molecule has 1 saturated heterocycles. The lowest BCUT2D eigenvalue weighted by molar-refractivity contribution is 0.412. The molecule has 0 saturated carbocycles. The SMILES string of the molecule is COc1ccccc1-n1cccc1C1C(c2ccccn2)NC(=S)N1c1ccc(NS(C)(=O)=O)cc1. The summed E-state index contributed by atoms with van der Waals surface area (Å²) in [5, 5.41) is 4.00. The molecule has 2 aromatic carbocycles. The van der Waals surface area contributed by atoms with Crippen molar-refractivity contribution in [3.05, 3.63) is 103 Å². The van der Waals surface area contributed by atoms with Crippen LogP contribution in [0.2, 0.25) is 0 Å². The van der Waals surface area contributed by atoms with Gasteiger partial charge in [-0.25, -0.2) is 8.42 Å². The first-order valence-electron chi connectivity index (χ1n) is 11.2. The molecule has 36 heavy (non-hydrogen) atoms. The number of methoxy groups -OCH3 is 1. The van der Waals surface area contributed by atoms with Crippen molar-refractivity contribution in [2.24, 2.45) is 0 Å². The number of sulfonamides is 1. The van der Waals surface area contributed by atoms with Gasteiger partial charge in [-0.05, 0) is 72.9 Å². The van der Waals surface area contributed by atoms with Crippen LogP contribution in [0.3, 0.4) is 0 Å². The topological polar surface area (TPSA) is 88.5 Å². The van der Waals surface area contributed by atoms with Crippen LogP contribution >= 0.6 is 12.2 Å². The molecule has 1 aliphatic heterocycles. The van der Waals surface area contributed by atoms with Gasteiger partial charge in [0.05, 0.1) is 30.8 Å². The van der Waals surface area contributed by atoms with Crippen LogP contribution in [-0.4, -0.2) is 36.4 Å². The molecule has 4 aromatic rings. The molecule has 0 spiro atoms. The van der Waals surface area contributed by atoms with E-state index >= 15 is 0 Å². The molecule has 0 aliphatic carbocycles. The number of rotatable bonds is 7. The second-order valence-electron chi connectivity index (χ2n) is 8.39. The summed E-state index contributed by atoms with van der Waals surface area (Å²) in [6.45, 7) is 0. The number of nitrogens with one attached hydrogen (secondary N) is 2. The van der Waals surface area contributed by atoms with Gasteiger partial charge in [0.25, 0.3) is 0 Å². The molecule has 5 rings (SSSR count). The third kappa shape index (κ3) is 4.65. The van der Waals surface area contributed by atoms with Crippen LogP contribution in [0.25, 0.3) is 5.69 Å². The zero-order chi connectivity index (χ0) is 25.3. The van der Waals surface area contributed by atoms with Crippen molar-refractivity contribution in [1.82, 2.24) is 14.9 Å². The van der Waals surface area contributed by atoms with Gasteiger partial charge in [-0.2, -0.15) is 0 Å². The fourth-order valence-corrected chi connectivity index (χ4v) is 5.43. The molecule has 2 N–H and O–H groups in total. The minimum atomic E-state index is -3.38. The van der Waals surface area contributed by atoms with E-state index in [2.05, 4.69) is 25.7 Å². The van der Waals surface area contributed by atoms with E-state index < -0.39 is 10.0 Å². The maximum Gasteiger partial charge on any atom is 0.229 e. The Bertz CT molecular complexity index is 1490. The predicted octanol–water partition coefficient (Wildman–Crippen LogP) is 4.43. The van der Waals surface area contributed by atoms with Crippen molar-refractivity contribution >= 4 is 38.7 Å². The van der Waals surface area contributed by atoms with Gasteiger partial charge in [0.1, 0.15) is 11.8 Å². The van der Waals surface area contributed by atoms with Gasteiger partial charge in [0, 0.05) is 29.5 Å². The molecular formula is C26H25N5O3S2. The maximum absolute atomic E-state index is 11.7. The van der Waals surface area contributed by atoms with E-state index in [1.165, 1.54) is 0 Å². The summed E-state index contributed by atoms with van der Waals surface area (Å²) in [5.41, 5.74) is 4.05. The zero-order valence-electron chi connectivity index (χ0n) is 19.7. The molecule has 0 radical (unpaired) electrons. The van der Waals surface area contributed by atoms with Crippen molar-refractivity contribution in [3.8, 4) is 11.4 Å². The lowest BCUT2D eigenvalue weighted by Crippen LogP contribution is -2.30. The summed E-state index contributed by atoms with van der Waals surface area (Å²) in [4.78, 5) is 6.66. The lowest BCUT2D eigenvalue weighted by atomic mass is 10.0. The minimum absolute atomic E-state index is 0.226. The van der Waals surface area contributed by atoms with Gasteiger partial charge in [-0.1, -0.05) is 18.2 Å². The predicted molar refractivity (Wildman–Crippen MR) is 145 cm³/mol. The number of anilines is 2. The van der Waals surface area contributed by atoms with Gasteiger partial charge in [0.2, 0.25) is 10.0 Å². The molecule has 2 atom stereocenters. The molecule has 3 heterocycles. The van der Waals surface area contributed by atoms with Crippen LogP contribution in [0.4, 0.5) is 11.4 Å². The zero-order valence-corrected chi connectivity index (χ0v) is 21.3. The quantitative estimate of drug-likeness (QED) is 0.349. The van der Waals surface area contributed by atoms with Gasteiger partial charge < -0.3 is 19.5 Å². The Hall–Kier alpha value is -3.89. The van der Waals surface area contributed by atoms with E-state index in [0.29, 0.717) is 10.8 Å².